The second-order valence-electron chi connectivity index (χ2n) is 6.60. The summed E-state index contributed by atoms with van der Waals surface area (Å²) in [6, 6.07) is 22.9. The third-order valence-electron chi connectivity index (χ3n) is 4.44. The Bertz CT molecular complexity index is 1280. The molecule has 0 bridgehead atoms. The Kier molecular flexibility index (Phi) is 5.70. The van der Waals surface area contributed by atoms with Gasteiger partial charge in [-0.1, -0.05) is 42.5 Å². The van der Waals surface area contributed by atoms with Crippen molar-refractivity contribution in [1.29, 1.82) is 0 Å². The summed E-state index contributed by atoms with van der Waals surface area (Å²) < 4.78 is 11.1. The summed E-state index contributed by atoms with van der Waals surface area (Å²) in [5, 5.41) is 16.9. The maximum Gasteiger partial charge on any atom is 0.277 e. The number of benzene rings is 3. The average molecular weight is 415 g/mol. The smallest absolute Gasteiger partial charge is 0.277 e. The van der Waals surface area contributed by atoms with Gasteiger partial charge < -0.3 is 9.15 Å². The summed E-state index contributed by atoms with van der Waals surface area (Å²) in [6.07, 6.45) is 1.34. The molecule has 0 aliphatic carbocycles. The zero-order valence-electron chi connectivity index (χ0n) is 16.2. The van der Waals surface area contributed by atoms with Crippen LogP contribution in [0, 0.1) is 10.1 Å². The predicted molar refractivity (Wildman–Crippen MR) is 116 cm³/mol. The number of nitrogens with zero attached hydrogens (tertiary/aromatic N) is 2. The molecule has 0 spiro atoms. The Morgan fingerprint density at radius 1 is 1.03 bits per heavy atom. The molecular formula is C23H17N3O5. The first-order chi connectivity index (χ1) is 15.1. The number of furan rings is 1. The third kappa shape index (κ3) is 4.94. The minimum atomic E-state index is -0.468. The zero-order chi connectivity index (χ0) is 21.6. The van der Waals surface area contributed by atoms with Crippen LogP contribution in [0.2, 0.25) is 0 Å². The number of amides is 1. The van der Waals surface area contributed by atoms with Crippen LogP contribution < -0.4 is 10.2 Å². The molecule has 0 unspecified atom stereocenters. The summed E-state index contributed by atoms with van der Waals surface area (Å²) in [5.41, 5.74) is 2.91. The van der Waals surface area contributed by atoms with Crippen molar-refractivity contribution in [2.24, 2.45) is 5.10 Å². The number of nitrogens with one attached hydrogen (secondary N) is 1. The van der Waals surface area contributed by atoms with Crippen molar-refractivity contribution in [2.75, 3.05) is 6.61 Å². The van der Waals surface area contributed by atoms with Crippen LogP contribution in [0.5, 0.6) is 5.75 Å². The van der Waals surface area contributed by atoms with Gasteiger partial charge >= 0.3 is 0 Å². The lowest BCUT2D eigenvalue weighted by atomic mass is 10.1. The minimum Gasteiger partial charge on any atom is -0.484 e. The molecule has 1 amide bonds. The molecule has 31 heavy (non-hydrogen) atoms. The summed E-state index contributed by atoms with van der Waals surface area (Å²) in [7, 11) is 0. The first kappa shape index (κ1) is 19.8. The van der Waals surface area contributed by atoms with Gasteiger partial charge in [0.15, 0.2) is 6.61 Å². The van der Waals surface area contributed by atoms with Gasteiger partial charge in [0.1, 0.15) is 17.3 Å². The van der Waals surface area contributed by atoms with Gasteiger partial charge in [0.2, 0.25) is 0 Å². The first-order valence-corrected chi connectivity index (χ1v) is 9.37. The van der Waals surface area contributed by atoms with Crippen molar-refractivity contribution < 1.29 is 18.9 Å². The molecule has 0 fully saturated rings. The summed E-state index contributed by atoms with van der Waals surface area (Å²) in [5.74, 6) is 1.01. The molecule has 0 aliphatic rings. The molecule has 4 rings (SSSR count). The number of non-ortho nitro benzene ring substituents is 1. The number of nitro benzene ring substituents is 1. The van der Waals surface area contributed by atoms with E-state index in [0.717, 1.165) is 10.8 Å². The van der Waals surface area contributed by atoms with Crippen LogP contribution >= 0.6 is 0 Å². The Balaban J connectivity index is 1.31. The van der Waals surface area contributed by atoms with Gasteiger partial charge in [-0.05, 0) is 35.0 Å². The molecule has 8 nitrogen and oxygen atoms in total. The van der Waals surface area contributed by atoms with Crippen LogP contribution in [0.15, 0.2) is 88.4 Å². The van der Waals surface area contributed by atoms with Gasteiger partial charge in [0.25, 0.3) is 11.6 Å². The maximum atomic E-state index is 12.0. The quantitative estimate of drug-likeness (QED) is 0.271. The number of rotatable bonds is 7. The molecule has 0 atom stereocenters. The van der Waals surface area contributed by atoms with Gasteiger partial charge in [-0.2, -0.15) is 5.10 Å². The maximum absolute atomic E-state index is 12.0. The van der Waals surface area contributed by atoms with Crippen molar-refractivity contribution in [1.82, 2.24) is 5.43 Å². The fourth-order valence-electron chi connectivity index (χ4n) is 2.96. The number of nitro groups is 1. The van der Waals surface area contributed by atoms with E-state index in [0.29, 0.717) is 22.8 Å². The molecule has 3 aromatic carbocycles. The summed E-state index contributed by atoms with van der Waals surface area (Å²) >= 11 is 0. The van der Waals surface area contributed by atoms with E-state index < -0.39 is 10.8 Å². The van der Waals surface area contributed by atoms with Gasteiger partial charge in [-0.25, -0.2) is 5.43 Å². The largest absolute Gasteiger partial charge is 0.484 e. The lowest BCUT2D eigenvalue weighted by Crippen LogP contribution is -2.24. The van der Waals surface area contributed by atoms with Gasteiger partial charge in [0, 0.05) is 17.7 Å². The molecule has 1 heterocycles. The molecule has 1 aromatic heterocycles. The minimum absolute atomic E-state index is 0.0252. The van der Waals surface area contributed by atoms with Crippen LogP contribution in [-0.4, -0.2) is 23.7 Å². The zero-order valence-corrected chi connectivity index (χ0v) is 16.2. The first-order valence-electron chi connectivity index (χ1n) is 9.37. The topological polar surface area (TPSA) is 107 Å². The number of hydrazone groups is 1. The van der Waals surface area contributed by atoms with E-state index in [2.05, 4.69) is 10.5 Å². The number of fused-ring (bicyclic) bond motifs is 1. The number of hydrogen-bond acceptors (Lipinski definition) is 6. The Morgan fingerprint density at radius 3 is 2.71 bits per heavy atom. The number of hydrogen-bond donors (Lipinski definition) is 1. The normalized spacial score (nSPS) is 11.0. The Labute approximate surface area is 176 Å². The Hall–Kier alpha value is -4.46. The fourth-order valence-corrected chi connectivity index (χ4v) is 2.96. The van der Waals surface area contributed by atoms with Gasteiger partial charge in [-0.3, -0.25) is 14.9 Å². The molecule has 0 saturated carbocycles. The van der Waals surface area contributed by atoms with Crippen LogP contribution in [0.25, 0.3) is 22.1 Å². The van der Waals surface area contributed by atoms with E-state index in [1.165, 1.54) is 18.3 Å². The second kappa shape index (κ2) is 8.91. The molecule has 154 valence electrons. The molecule has 8 heteroatoms. The van der Waals surface area contributed by atoms with Crippen LogP contribution in [-0.2, 0) is 4.79 Å². The molecule has 1 N–H and O–H groups in total. The SMILES string of the molecule is O=C(COc1ccc2ccccc2c1)NN=Cc1ccc(-c2cccc([N+](=O)[O-])c2)o1. The fraction of sp³-hybridized carbons (Fsp3) is 0.0435. The van der Waals surface area contributed by atoms with Gasteiger partial charge in [-0.15, -0.1) is 0 Å². The van der Waals surface area contributed by atoms with Crippen molar-refractivity contribution in [3.05, 3.63) is 94.7 Å². The van der Waals surface area contributed by atoms with Crippen molar-refractivity contribution in [3.8, 4) is 17.1 Å². The molecule has 0 radical (unpaired) electrons. The summed E-state index contributed by atoms with van der Waals surface area (Å²) in [4.78, 5) is 22.4. The molecule has 0 saturated heterocycles. The highest BCUT2D eigenvalue weighted by molar-refractivity contribution is 5.84. The van der Waals surface area contributed by atoms with E-state index >= 15 is 0 Å². The predicted octanol–water partition coefficient (Wildman–Crippen LogP) is 4.54. The van der Waals surface area contributed by atoms with E-state index in [1.54, 1.807) is 30.3 Å². The Morgan fingerprint density at radius 2 is 1.87 bits per heavy atom. The highest BCUT2D eigenvalue weighted by Gasteiger charge is 2.10. The van der Waals surface area contributed by atoms with Crippen LogP contribution in [0.1, 0.15) is 5.76 Å². The number of ether oxygens (including phenoxy) is 1. The highest BCUT2D eigenvalue weighted by Crippen LogP contribution is 2.25. The lowest BCUT2D eigenvalue weighted by Gasteiger charge is -2.06. The van der Waals surface area contributed by atoms with E-state index in [4.69, 9.17) is 9.15 Å². The van der Waals surface area contributed by atoms with E-state index in [-0.39, 0.29) is 12.3 Å². The van der Waals surface area contributed by atoms with Crippen molar-refractivity contribution in [2.45, 2.75) is 0 Å². The van der Waals surface area contributed by atoms with Gasteiger partial charge in [0.05, 0.1) is 11.1 Å². The highest BCUT2D eigenvalue weighted by atomic mass is 16.6. The summed E-state index contributed by atoms with van der Waals surface area (Å²) in [6.45, 7) is -0.188. The molecule has 0 aliphatic heterocycles. The standard InChI is InChI=1S/C23H17N3O5/c27-23(15-30-20-9-8-16-4-1-2-5-17(16)13-20)25-24-14-21-10-11-22(31-21)18-6-3-7-19(12-18)26(28)29/h1-14H,15H2,(H,25,27). The van der Waals surface area contributed by atoms with Crippen LogP contribution in [0.3, 0.4) is 0 Å². The average Bonchev–Trinajstić information content (AvgIpc) is 3.26. The molecule has 4 aromatic rings. The van der Waals surface area contributed by atoms with Crippen LogP contribution in [0.4, 0.5) is 5.69 Å². The molecular weight excluding hydrogens is 398 g/mol. The van der Waals surface area contributed by atoms with Crippen molar-refractivity contribution in [3.63, 3.8) is 0 Å². The second-order valence-corrected chi connectivity index (χ2v) is 6.60. The monoisotopic (exact) mass is 415 g/mol. The number of carbonyl (C=O) groups is 1. The lowest BCUT2D eigenvalue weighted by molar-refractivity contribution is -0.384. The number of carbonyl (C=O) groups excluding carboxylic acids is 1. The van der Waals surface area contributed by atoms with E-state index in [9.17, 15) is 14.9 Å². The van der Waals surface area contributed by atoms with Crippen molar-refractivity contribution >= 4 is 28.6 Å². The van der Waals surface area contributed by atoms with E-state index in [1.807, 2.05) is 36.4 Å². The third-order valence-corrected chi connectivity index (χ3v) is 4.44.